The Morgan fingerprint density at radius 1 is 1.12 bits per heavy atom. The predicted octanol–water partition coefficient (Wildman–Crippen LogP) is 4.62. The normalized spacial score (nSPS) is 11.6. The van der Waals surface area contributed by atoms with Crippen molar-refractivity contribution in [1.29, 1.82) is 0 Å². The zero-order valence-corrected chi connectivity index (χ0v) is 14.3. The topological polar surface area (TPSA) is 34.1 Å². The second-order valence-electron chi connectivity index (χ2n) is 6.15. The van der Waals surface area contributed by atoms with E-state index in [0.29, 0.717) is 6.42 Å². The molecule has 2 aromatic rings. The number of hydrogen-bond donors (Lipinski definition) is 0. The van der Waals surface area contributed by atoms with Crippen molar-refractivity contribution in [3.8, 4) is 12.3 Å². The van der Waals surface area contributed by atoms with Crippen LogP contribution >= 0.6 is 0 Å². The number of aryl methyl sites for hydroxylation is 1. The van der Waals surface area contributed by atoms with Gasteiger partial charge < -0.3 is 0 Å². The minimum absolute atomic E-state index is 0. The third kappa shape index (κ3) is 5.69. The lowest BCUT2D eigenvalue weighted by molar-refractivity contribution is -0.119. The zero-order chi connectivity index (χ0) is 18.2. The van der Waals surface area contributed by atoms with Gasteiger partial charge in [-0.2, -0.15) is 0 Å². The molecule has 0 aliphatic rings. The van der Waals surface area contributed by atoms with E-state index in [4.69, 9.17) is 6.42 Å². The van der Waals surface area contributed by atoms with Gasteiger partial charge in [-0.1, -0.05) is 43.3 Å². The van der Waals surface area contributed by atoms with Crippen LogP contribution in [-0.2, 0) is 22.4 Å². The lowest BCUT2D eigenvalue weighted by Crippen LogP contribution is -2.12. The van der Waals surface area contributed by atoms with Gasteiger partial charge in [-0.25, -0.2) is 4.39 Å². The minimum atomic E-state index is -0.302. The third-order valence-electron chi connectivity index (χ3n) is 4.28. The van der Waals surface area contributed by atoms with E-state index in [-0.39, 0.29) is 32.6 Å². The maximum atomic E-state index is 12.9. The molecular weight excluding hydrogens is 315 g/mol. The van der Waals surface area contributed by atoms with Crippen LogP contribution in [0, 0.1) is 18.2 Å². The van der Waals surface area contributed by atoms with Crippen LogP contribution in [-0.4, -0.2) is 11.6 Å². The van der Waals surface area contributed by atoms with Crippen LogP contribution in [0.1, 0.15) is 45.2 Å². The molecule has 25 heavy (non-hydrogen) atoms. The predicted molar refractivity (Wildman–Crippen MR) is 100.0 cm³/mol. The van der Waals surface area contributed by atoms with Gasteiger partial charge in [0, 0.05) is 21.6 Å². The van der Waals surface area contributed by atoms with Gasteiger partial charge in [0.25, 0.3) is 0 Å². The average molecular weight is 339 g/mol. The number of carbonyl (C=O) groups excluding carboxylic acids is 2. The Kier molecular flexibility index (Phi) is 6.65. The van der Waals surface area contributed by atoms with Gasteiger partial charge in [0.15, 0.2) is 0 Å². The van der Waals surface area contributed by atoms with Crippen LogP contribution in [0.25, 0.3) is 0 Å². The molecule has 0 aliphatic heterocycles. The number of ketones is 2. The van der Waals surface area contributed by atoms with Crippen molar-refractivity contribution >= 4 is 11.6 Å². The molecule has 1 radical (unpaired) electrons. The number of hydrogen-bond acceptors (Lipinski definition) is 2. The van der Waals surface area contributed by atoms with Crippen LogP contribution in [0.4, 0.5) is 4.39 Å². The summed E-state index contributed by atoms with van der Waals surface area (Å²) in [5.41, 5.74) is 2.88. The van der Waals surface area contributed by atoms with Crippen LogP contribution in [0.15, 0.2) is 48.5 Å². The van der Waals surface area contributed by atoms with E-state index in [1.54, 1.807) is 12.1 Å². The molecule has 131 valence electrons. The Bertz CT molecular complexity index is 777. The molecule has 0 aliphatic carbocycles. The largest absolute Gasteiger partial charge is 0.299 e. The highest BCUT2D eigenvalue weighted by atomic mass is 19.1. The summed E-state index contributed by atoms with van der Waals surface area (Å²) in [6.07, 6.45) is 7.24. The lowest BCUT2D eigenvalue weighted by Gasteiger charge is -2.12. The molecule has 2 aromatic carbocycles. The fraction of sp³-hybridized carbons (Fsp3) is 0.273. The second kappa shape index (κ2) is 8.94. The van der Waals surface area contributed by atoms with Gasteiger partial charge in [-0.3, -0.25) is 9.59 Å². The van der Waals surface area contributed by atoms with E-state index in [9.17, 15) is 14.0 Å². The van der Waals surface area contributed by atoms with Crippen molar-refractivity contribution in [3.63, 3.8) is 0 Å². The first kappa shape index (κ1) is 18.6. The molecule has 0 fully saturated rings. The standard InChI is InChI=1S/C22H21FO2.H2.H/c1-3-21(24)6-4-5-17-7-11-19(12-8-17)16(2)22(25)15-18-9-13-20(23)14-10-18;;/h1,7-14,16H,4-6,15H2,2H3;1H;. The molecule has 1 unspecified atom stereocenters. The van der Waals surface area contributed by atoms with E-state index in [0.717, 1.165) is 29.5 Å². The fourth-order valence-electron chi connectivity index (χ4n) is 2.64. The highest BCUT2D eigenvalue weighted by Crippen LogP contribution is 2.20. The number of terminal acetylenes is 1. The molecule has 0 heterocycles. The van der Waals surface area contributed by atoms with Gasteiger partial charge in [0.1, 0.15) is 11.6 Å². The number of Topliss-reactive ketones (excluding diaryl/α,β-unsaturated/α-hetero) is 2. The van der Waals surface area contributed by atoms with Crippen molar-refractivity contribution < 1.29 is 16.8 Å². The number of carbonyl (C=O) groups is 2. The van der Waals surface area contributed by atoms with Crippen molar-refractivity contribution in [2.24, 2.45) is 0 Å². The van der Waals surface area contributed by atoms with Gasteiger partial charge in [-0.15, -0.1) is 6.42 Å². The molecule has 0 aromatic heterocycles. The summed E-state index contributed by atoms with van der Waals surface area (Å²) in [5, 5.41) is 0. The third-order valence-corrected chi connectivity index (χ3v) is 4.28. The summed E-state index contributed by atoms with van der Waals surface area (Å²) in [5.74, 6) is 1.52. The Morgan fingerprint density at radius 3 is 2.32 bits per heavy atom. The molecule has 0 saturated heterocycles. The summed E-state index contributed by atoms with van der Waals surface area (Å²) in [6.45, 7) is 1.88. The maximum Gasteiger partial charge on any atom is 0.205 e. The fourth-order valence-corrected chi connectivity index (χ4v) is 2.64. The maximum absolute atomic E-state index is 12.9. The molecule has 0 spiro atoms. The first-order chi connectivity index (χ1) is 12.0. The molecule has 1 atom stereocenters. The quantitative estimate of drug-likeness (QED) is 0.519. The highest BCUT2D eigenvalue weighted by molar-refractivity contribution is 5.94. The van der Waals surface area contributed by atoms with E-state index in [1.165, 1.54) is 12.1 Å². The first-order valence-corrected chi connectivity index (χ1v) is 8.35. The summed E-state index contributed by atoms with van der Waals surface area (Å²) >= 11 is 0. The van der Waals surface area contributed by atoms with Crippen LogP contribution in [0.2, 0.25) is 0 Å². The second-order valence-corrected chi connectivity index (χ2v) is 6.15. The van der Waals surface area contributed by atoms with E-state index < -0.39 is 0 Å². The molecule has 0 N–H and O–H groups in total. The Morgan fingerprint density at radius 2 is 1.72 bits per heavy atom. The number of halogens is 1. The highest BCUT2D eigenvalue weighted by Gasteiger charge is 2.15. The molecule has 2 rings (SSSR count). The zero-order valence-electron chi connectivity index (χ0n) is 15.3. The van der Waals surface area contributed by atoms with Gasteiger partial charge >= 0.3 is 0 Å². The van der Waals surface area contributed by atoms with Crippen molar-refractivity contribution in [1.82, 2.24) is 0 Å². The summed E-state index contributed by atoms with van der Waals surface area (Å²) in [6, 6.07) is 13.9. The molecule has 0 amide bonds. The van der Waals surface area contributed by atoms with Crippen molar-refractivity contribution in [2.75, 3.05) is 0 Å². The summed E-state index contributed by atoms with van der Waals surface area (Å²) < 4.78 is 12.9. The molecular formula is C22H24FO2. The first-order valence-electron chi connectivity index (χ1n) is 8.35. The Hall–Kier alpha value is -2.73. The lowest BCUT2D eigenvalue weighted by atomic mass is 9.91. The van der Waals surface area contributed by atoms with Crippen LogP contribution in [0.5, 0.6) is 0 Å². The van der Waals surface area contributed by atoms with Crippen LogP contribution in [0.3, 0.4) is 0 Å². The molecule has 0 saturated carbocycles. The van der Waals surface area contributed by atoms with Gasteiger partial charge in [0.05, 0.1) is 0 Å². The van der Waals surface area contributed by atoms with E-state index in [2.05, 4.69) is 5.92 Å². The smallest absolute Gasteiger partial charge is 0.205 e. The number of benzene rings is 2. The van der Waals surface area contributed by atoms with Gasteiger partial charge in [-0.05, 0) is 47.6 Å². The molecule has 2 nitrogen and oxygen atoms in total. The minimum Gasteiger partial charge on any atom is -0.299 e. The SMILES string of the molecule is C#CC(=O)CCCc1ccc(C(C)C(=O)Cc2ccc(F)cc2)cc1.[HH].[H]. The molecule has 0 bridgehead atoms. The monoisotopic (exact) mass is 339 g/mol. The Labute approximate surface area is 151 Å². The number of rotatable bonds is 8. The summed E-state index contributed by atoms with van der Waals surface area (Å²) in [4.78, 5) is 23.5. The van der Waals surface area contributed by atoms with Crippen molar-refractivity contribution in [3.05, 3.63) is 71.0 Å². The Balaban J connectivity index is 0.00000338. The van der Waals surface area contributed by atoms with E-state index >= 15 is 0 Å². The van der Waals surface area contributed by atoms with Crippen molar-refractivity contribution in [2.45, 2.75) is 38.5 Å². The average Bonchev–Trinajstić information content (AvgIpc) is 2.63. The summed E-state index contributed by atoms with van der Waals surface area (Å²) in [7, 11) is 0. The molecule has 3 heteroatoms. The van der Waals surface area contributed by atoms with Gasteiger partial charge in [0.2, 0.25) is 5.78 Å². The van der Waals surface area contributed by atoms with Crippen LogP contribution < -0.4 is 0 Å². The van der Waals surface area contributed by atoms with E-state index in [1.807, 2.05) is 31.2 Å².